The zero-order chi connectivity index (χ0) is 15.0. The molecular formula is C18H13BrO2. The topological polar surface area (TPSA) is 37.3 Å². The molecule has 0 fully saturated rings. The van der Waals surface area contributed by atoms with Crippen molar-refractivity contribution in [2.45, 2.75) is 6.92 Å². The molecule has 104 valence electrons. The predicted octanol–water partition coefficient (Wildman–Crippen LogP) is 5.28. The van der Waals surface area contributed by atoms with Crippen LogP contribution in [0.5, 0.6) is 0 Å². The lowest BCUT2D eigenvalue weighted by Gasteiger charge is -2.12. The van der Waals surface area contributed by atoms with E-state index < -0.39 is 5.97 Å². The summed E-state index contributed by atoms with van der Waals surface area (Å²) in [7, 11) is 0. The molecule has 3 aromatic rings. The van der Waals surface area contributed by atoms with Gasteiger partial charge >= 0.3 is 5.97 Å². The summed E-state index contributed by atoms with van der Waals surface area (Å²) >= 11 is 3.38. The van der Waals surface area contributed by atoms with Crippen LogP contribution in [0.15, 0.2) is 59.1 Å². The van der Waals surface area contributed by atoms with Gasteiger partial charge in [-0.1, -0.05) is 48.5 Å². The number of fused-ring (bicyclic) bond motifs is 1. The number of carboxylic acid groups (broad SMARTS) is 1. The van der Waals surface area contributed by atoms with Gasteiger partial charge in [-0.15, -0.1) is 0 Å². The minimum Gasteiger partial charge on any atom is -0.478 e. The van der Waals surface area contributed by atoms with Crippen molar-refractivity contribution in [3.8, 4) is 11.1 Å². The van der Waals surface area contributed by atoms with Gasteiger partial charge in [0, 0.05) is 4.47 Å². The first kappa shape index (κ1) is 13.8. The van der Waals surface area contributed by atoms with Crippen molar-refractivity contribution in [1.29, 1.82) is 0 Å². The van der Waals surface area contributed by atoms with E-state index >= 15 is 0 Å². The number of hydrogen-bond donors (Lipinski definition) is 1. The lowest BCUT2D eigenvalue weighted by Crippen LogP contribution is -2.02. The molecule has 3 aromatic carbocycles. The average Bonchev–Trinajstić information content (AvgIpc) is 2.45. The Bertz CT molecular complexity index is 848. The molecule has 0 aliphatic carbocycles. The number of rotatable bonds is 2. The van der Waals surface area contributed by atoms with Crippen LogP contribution < -0.4 is 0 Å². The molecule has 0 radical (unpaired) electrons. The Labute approximate surface area is 131 Å². The van der Waals surface area contributed by atoms with Crippen molar-refractivity contribution in [1.82, 2.24) is 0 Å². The van der Waals surface area contributed by atoms with E-state index in [0.717, 1.165) is 27.5 Å². The smallest absolute Gasteiger partial charge is 0.337 e. The summed E-state index contributed by atoms with van der Waals surface area (Å²) in [6.07, 6.45) is 0. The molecule has 0 saturated carbocycles. The van der Waals surface area contributed by atoms with Crippen LogP contribution in [-0.4, -0.2) is 11.1 Å². The molecule has 0 amide bonds. The SMILES string of the molecule is Cc1cc(Br)c(C(=O)O)c(-c2cccc3ccccc23)c1. The van der Waals surface area contributed by atoms with E-state index in [2.05, 4.69) is 15.9 Å². The first-order valence-electron chi connectivity index (χ1n) is 6.59. The molecule has 0 aliphatic rings. The second kappa shape index (κ2) is 5.34. The Kier molecular flexibility index (Phi) is 3.52. The van der Waals surface area contributed by atoms with E-state index in [1.807, 2.05) is 61.5 Å². The van der Waals surface area contributed by atoms with Crippen LogP contribution in [0.2, 0.25) is 0 Å². The van der Waals surface area contributed by atoms with Gasteiger partial charge in [-0.25, -0.2) is 4.79 Å². The van der Waals surface area contributed by atoms with Crippen LogP contribution in [0.4, 0.5) is 0 Å². The summed E-state index contributed by atoms with van der Waals surface area (Å²) in [5, 5.41) is 11.7. The molecule has 0 saturated heterocycles. The lowest BCUT2D eigenvalue weighted by atomic mass is 9.93. The van der Waals surface area contributed by atoms with Crippen molar-refractivity contribution < 1.29 is 9.90 Å². The Balaban J connectivity index is 2.41. The Morgan fingerprint density at radius 2 is 1.71 bits per heavy atom. The minimum atomic E-state index is -0.926. The number of hydrogen-bond acceptors (Lipinski definition) is 1. The molecule has 3 rings (SSSR count). The van der Waals surface area contributed by atoms with Crippen LogP contribution in [0.1, 0.15) is 15.9 Å². The van der Waals surface area contributed by atoms with E-state index in [-0.39, 0.29) is 0 Å². The van der Waals surface area contributed by atoms with Gasteiger partial charge in [-0.3, -0.25) is 0 Å². The van der Waals surface area contributed by atoms with E-state index in [9.17, 15) is 9.90 Å². The molecule has 0 aromatic heterocycles. The first-order chi connectivity index (χ1) is 10.1. The first-order valence-corrected chi connectivity index (χ1v) is 7.39. The number of benzene rings is 3. The predicted molar refractivity (Wildman–Crippen MR) is 88.8 cm³/mol. The fourth-order valence-corrected chi connectivity index (χ4v) is 3.38. The summed E-state index contributed by atoms with van der Waals surface area (Å²) in [6.45, 7) is 1.96. The quantitative estimate of drug-likeness (QED) is 0.689. The number of halogens is 1. The van der Waals surface area contributed by atoms with Gasteiger partial charge < -0.3 is 5.11 Å². The molecule has 2 nitrogen and oxygen atoms in total. The second-order valence-corrected chi connectivity index (χ2v) is 5.86. The summed E-state index contributed by atoms with van der Waals surface area (Å²) in [5.41, 5.74) is 3.01. The highest BCUT2D eigenvalue weighted by atomic mass is 79.9. The zero-order valence-electron chi connectivity index (χ0n) is 11.4. The van der Waals surface area contributed by atoms with Gasteiger partial charge in [0.25, 0.3) is 0 Å². The van der Waals surface area contributed by atoms with Crippen molar-refractivity contribution in [2.75, 3.05) is 0 Å². The molecule has 0 aliphatic heterocycles. The molecule has 0 unspecified atom stereocenters. The van der Waals surface area contributed by atoms with E-state index in [1.54, 1.807) is 0 Å². The van der Waals surface area contributed by atoms with Gasteiger partial charge in [0.1, 0.15) is 0 Å². The normalized spacial score (nSPS) is 10.8. The Hall–Kier alpha value is -2.13. The minimum absolute atomic E-state index is 0.303. The van der Waals surface area contributed by atoms with Gasteiger partial charge in [-0.05, 0) is 56.4 Å². The molecular weight excluding hydrogens is 328 g/mol. The molecule has 21 heavy (non-hydrogen) atoms. The largest absolute Gasteiger partial charge is 0.478 e. The van der Waals surface area contributed by atoms with Crippen molar-refractivity contribution in [2.24, 2.45) is 0 Å². The van der Waals surface area contributed by atoms with Crippen LogP contribution in [-0.2, 0) is 0 Å². The summed E-state index contributed by atoms with van der Waals surface area (Å²) in [6, 6.07) is 17.7. The number of aryl methyl sites for hydroxylation is 1. The van der Waals surface area contributed by atoms with Crippen LogP contribution in [0, 0.1) is 6.92 Å². The van der Waals surface area contributed by atoms with Crippen LogP contribution in [0.25, 0.3) is 21.9 Å². The number of aromatic carboxylic acids is 1. The standard InChI is InChI=1S/C18H13BrO2/c1-11-9-15(17(18(20)21)16(19)10-11)14-8-4-6-12-5-2-3-7-13(12)14/h2-10H,1H3,(H,20,21). The zero-order valence-corrected chi connectivity index (χ0v) is 13.0. The van der Waals surface area contributed by atoms with Gasteiger partial charge in [0.15, 0.2) is 0 Å². The third-order valence-electron chi connectivity index (χ3n) is 3.53. The third kappa shape index (κ3) is 2.45. The molecule has 0 heterocycles. The highest BCUT2D eigenvalue weighted by Gasteiger charge is 2.17. The fourth-order valence-electron chi connectivity index (χ4n) is 2.63. The fraction of sp³-hybridized carbons (Fsp3) is 0.0556. The van der Waals surface area contributed by atoms with Crippen LogP contribution in [0.3, 0.4) is 0 Å². The van der Waals surface area contributed by atoms with E-state index in [1.165, 1.54) is 0 Å². The molecule has 3 heteroatoms. The highest BCUT2D eigenvalue weighted by molar-refractivity contribution is 9.10. The van der Waals surface area contributed by atoms with Crippen molar-refractivity contribution in [3.05, 3.63) is 70.2 Å². The number of carboxylic acids is 1. The van der Waals surface area contributed by atoms with E-state index in [4.69, 9.17) is 0 Å². The summed E-state index contributed by atoms with van der Waals surface area (Å²) in [5.74, 6) is -0.926. The lowest BCUT2D eigenvalue weighted by molar-refractivity contribution is 0.0697. The van der Waals surface area contributed by atoms with Gasteiger partial charge in [0.05, 0.1) is 5.56 Å². The van der Waals surface area contributed by atoms with Gasteiger partial charge in [0.2, 0.25) is 0 Å². The second-order valence-electron chi connectivity index (χ2n) is 5.00. The highest BCUT2D eigenvalue weighted by Crippen LogP contribution is 2.35. The van der Waals surface area contributed by atoms with Gasteiger partial charge in [-0.2, -0.15) is 0 Å². The molecule has 1 N–H and O–H groups in total. The average molecular weight is 341 g/mol. The van der Waals surface area contributed by atoms with Crippen molar-refractivity contribution in [3.63, 3.8) is 0 Å². The Morgan fingerprint density at radius 1 is 1.00 bits per heavy atom. The maximum atomic E-state index is 11.6. The maximum Gasteiger partial charge on any atom is 0.337 e. The van der Waals surface area contributed by atoms with E-state index in [0.29, 0.717) is 10.0 Å². The van der Waals surface area contributed by atoms with Crippen LogP contribution >= 0.6 is 15.9 Å². The molecule has 0 spiro atoms. The number of carbonyl (C=O) groups is 1. The maximum absolute atomic E-state index is 11.6. The molecule has 0 atom stereocenters. The molecule has 0 bridgehead atoms. The monoisotopic (exact) mass is 340 g/mol. The summed E-state index contributed by atoms with van der Waals surface area (Å²) in [4.78, 5) is 11.6. The van der Waals surface area contributed by atoms with Crippen molar-refractivity contribution >= 4 is 32.7 Å². The third-order valence-corrected chi connectivity index (χ3v) is 4.15. The summed E-state index contributed by atoms with van der Waals surface area (Å²) < 4.78 is 0.609. The Morgan fingerprint density at radius 3 is 2.48 bits per heavy atom.